The number of carbonyl (C=O) groups is 1. The van der Waals surface area contributed by atoms with Gasteiger partial charge in [-0.3, -0.25) is 4.79 Å². The lowest BCUT2D eigenvalue weighted by Gasteiger charge is -2.26. The lowest BCUT2D eigenvalue weighted by atomic mass is 9.78. The third-order valence-corrected chi connectivity index (χ3v) is 5.29. The first-order chi connectivity index (χ1) is 11.5. The van der Waals surface area contributed by atoms with E-state index in [0.717, 1.165) is 25.7 Å². The van der Waals surface area contributed by atoms with Crippen LogP contribution >= 0.6 is 0 Å². The van der Waals surface area contributed by atoms with Gasteiger partial charge in [-0.1, -0.05) is 38.1 Å². The molecule has 4 nitrogen and oxygen atoms in total. The van der Waals surface area contributed by atoms with E-state index in [2.05, 4.69) is 43.4 Å². The number of fused-ring (bicyclic) bond motifs is 2. The molecule has 0 aliphatic heterocycles. The first-order valence-electron chi connectivity index (χ1n) is 9.15. The zero-order valence-electron chi connectivity index (χ0n) is 14.8. The van der Waals surface area contributed by atoms with Crippen LogP contribution in [0.3, 0.4) is 0 Å². The van der Waals surface area contributed by atoms with Crippen molar-refractivity contribution in [3.05, 3.63) is 35.4 Å². The van der Waals surface area contributed by atoms with Crippen LogP contribution in [0.25, 0.3) is 0 Å². The Morgan fingerprint density at radius 2 is 2.17 bits per heavy atom. The van der Waals surface area contributed by atoms with Crippen molar-refractivity contribution in [2.45, 2.75) is 51.0 Å². The molecule has 0 saturated heterocycles. The van der Waals surface area contributed by atoms with Gasteiger partial charge in [0.1, 0.15) is 0 Å². The fourth-order valence-corrected chi connectivity index (χ4v) is 4.02. The lowest BCUT2D eigenvalue weighted by molar-refractivity contribution is -0.123. The molecule has 2 aliphatic carbocycles. The molecule has 4 heteroatoms. The summed E-state index contributed by atoms with van der Waals surface area (Å²) in [7, 11) is 0. The van der Waals surface area contributed by atoms with Crippen LogP contribution in [-0.2, 0) is 21.4 Å². The minimum Gasteiger partial charge on any atom is -0.389 e. The van der Waals surface area contributed by atoms with Gasteiger partial charge in [0.15, 0.2) is 0 Å². The highest BCUT2D eigenvalue weighted by molar-refractivity contribution is 5.84. The van der Waals surface area contributed by atoms with Crippen LogP contribution < -0.4 is 5.32 Å². The maximum atomic E-state index is 12.5. The number of carbonyl (C=O) groups excluding carboxylic acids is 1. The summed E-state index contributed by atoms with van der Waals surface area (Å²) in [5.74, 6) is 0.585. The first kappa shape index (κ1) is 17.4. The van der Waals surface area contributed by atoms with E-state index in [-0.39, 0.29) is 30.4 Å². The summed E-state index contributed by atoms with van der Waals surface area (Å²) in [6.45, 7) is 5.32. The summed E-state index contributed by atoms with van der Waals surface area (Å²) in [6, 6.07) is 8.55. The largest absolute Gasteiger partial charge is 0.389 e. The van der Waals surface area contributed by atoms with E-state index in [0.29, 0.717) is 12.5 Å². The molecule has 132 valence electrons. The Morgan fingerprint density at radius 3 is 2.96 bits per heavy atom. The standard InChI is InChI=1S/C20H29NO3/c1-14(2)12-24-13-16(22)11-21-19(23)18-10-20(18)9-5-7-15-6-3-4-8-17(15)20/h3-4,6,8,14,16,18,22H,5,7,9-13H2,1-2H3,(H,21,23). The average Bonchev–Trinajstić information content (AvgIpc) is 3.27. The SMILES string of the molecule is CC(C)COCC(O)CNC(=O)C1CC12CCCc1ccccc12. The summed E-state index contributed by atoms with van der Waals surface area (Å²) < 4.78 is 5.42. The zero-order valence-corrected chi connectivity index (χ0v) is 14.8. The third kappa shape index (κ3) is 3.65. The topological polar surface area (TPSA) is 58.6 Å². The Bertz CT molecular complexity index is 586. The quantitative estimate of drug-likeness (QED) is 0.807. The monoisotopic (exact) mass is 331 g/mol. The Labute approximate surface area is 144 Å². The van der Waals surface area contributed by atoms with E-state index in [4.69, 9.17) is 4.74 Å². The molecule has 1 aromatic rings. The number of benzene rings is 1. The molecular weight excluding hydrogens is 302 g/mol. The predicted octanol–water partition coefficient (Wildman–Crippen LogP) is 2.43. The molecule has 1 aromatic carbocycles. The second-order valence-corrected chi connectivity index (χ2v) is 7.75. The molecule has 1 saturated carbocycles. The molecule has 24 heavy (non-hydrogen) atoms. The Kier molecular flexibility index (Phi) is 5.26. The summed E-state index contributed by atoms with van der Waals surface area (Å²) in [5.41, 5.74) is 2.83. The summed E-state index contributed by atoms with van der Waals surface area (Å²) >= 11 is 0. The molecule has 0 radical (unpaired) electrons. The molecule has 1 fully saturated rings. The number of nitrogens with one attached hydrogen (secondary N) is 1. The van der Waals surface area contributed by atoms with E-state index in [9.17, 15) is 9.90 Å². The Morgan fingerprint density at radius 1 is 1.38 bits per heavy atom. The number of aliphatic hydroxyl groups excluding tert-OH is 1. The number of ether oxygens (including phenoxy) is 1. The van der Waals surface area contributed by atoms with Crippen LogP contribution in [0.4, 0.5) is 0 Å². The summed E-state index contributed by atoms with van der Waals surface area (Å²) in [6.07, 6.45) is 3.68. The number of hydrogen-bond acceptors (Lipinski definition) is 3. The Balaban J connectivity index is 1.50. The van der Waals surface area contributed by atoms with Crippen LogP contribution in [0.15, 0.2) is 24.3 Å². The predicted molar refractivity (Wildman–Crippen MR) is 93.8 cm³/mol. The van der Waals surface area contributed by atoms with Crippen LogP contribution in [-0.4, -0.2) is 36.9 Å². The van der Waals surface area contributed by atoms with Crippen LogP contribution in [0.2, 0.25) is 0 Å². The van der Waals surface area contributed by atoms with Crippen molar-refractivity contribution >= 4 is 5.91 Å². The number of aryl methyl sites for hydroxylation is 1. The van der Waals surface area contributed by atoms with Crippen molar-refractivity contribution < 1.29 is 14.6 Å². The molecule has 0 bridgehead atoms. The molecule has 3 atom stereocenters. The van der Waals surface area contributed by atoms with Crippen molar-refractivity contribution in [1.82, 2.24) is 5.32 Å². The van der Waals surface area contributed by atoms with Gasteiger partial charge in [-0.15, -0.1) is 0 Å². The van der Waals surface area contributed by atoms with E-state index in [1.54, 1.807) is 0 Å². The molecule has 1 spiro atoms. The average molecular weight is 331 g/mol. The zero-order chi connectivity index (χ0) is 17.2. The highest BCUT2D eigenvalue weighted by atomic mass is 16.5. The Hall–Kier alpha value is -1.39. The molecule has 2 aliphatic rings. The number of hydrogen-bond donors (Lipinski definition) is 2. The van der Waals surface area contributed by atoms with Crippen LogP contribution in [0.5, 0.6) is 0 Å². The van der Waals surface area contributed by atoms with Gasteiger partial charge in [0.05, 0.1) is 12.7 Å². The molecular formula is C20H29NO3. The number of rotatable bonds is 7. The van der Waals surface area contributed by atoms with Crippen molar-refractivity contribution in [2.24, 2.45) is 11.8 Å². The van der Waals surface area contributed by atoms with Gasteiger partial charge >= 0.3 is 0 Å². The molecule has 0 aromatic heterocycles. The van der Waals surface area contributed by atoms with E-state index in [1.165, 1.54) is 11.1 Å². The van der Waals surface area contributed by atoms with E-state index < -0.39 is 6.10 Å². The lowest BCUT2D eigenvalue weighted by Crippen LogP contribution is -2.37. The van der Waals surface area contributed by atoms with Crippen molar-refractivity contribution in [1.29, 1.82) is 0 Å². The van der Waals surface area contributed by atoms with E-state index in [1.807, 2.05) is 0 Å². The van der Waals surface area contributed by atoms with Gasteiger partial charge in [0.25, 0.3) is 0 Å². The minimum absolute atomic E-state index is 0.0536. The second-order valence-electron chi connectivity index (χ2n) is 7.75. The van der Waals surface area contributed by atoms with Crippen molar-refractivity contribution in [3.8, 4) is 0 Å². The fraction of sp³-hybridized carbons (Fsp3) is 0.650. The number of amides is 1. The normalized spacial score (nSPS) is 26.2. The number of aliphatic hydroxyl groups is 1. The van der Waals surface area contributed by atoms with Gasteiger partial charge in [-0.25, -0.2) is 0 Å². The molecule has 2 N–H and O–H groups in total. The van der Waals surface area contributed by atoms with Gasteiger partial charge in [0, 0.05) is 24.5 Å². The van der Waals surface area contributed by atoms with Gasteiger partial charge < -0.3 is 15.2 Å². The van der Waals surface area contributed by atoms with Gasteiger partial charge in [-0.05, 0) is 42.7 Å². The van der Waals surface area contributed by atoms with E-state index >= 15 is 0 Å². The highest BCUT2D eigenvalue weighted by Gasteiger charge is 2.59. The van der Waals surface area contributed by atoms with Gasteiger partial charge in [0.2, 0.25) is 5.91 Å². The molecule has 1 amide bonds. The summed E-state index contributed by atoms with van der Waals surface area (Å²) in [4.78, 5) is 12.5. The first-order valence-corrected chi connectivity index (χ1v) is 9.15. The maximum Gasteiger partial charge on any atom is 0.224 e. The maximum absolute atomic E-state index is 12.5. The summed E-state index contributed by atoms with van der Waals surface area (Å²) in [5, 5.41) is 12.8. The van der Waals surface area contributed by atoms with Crippen molar-refractivity contribution in [3.63, 3.8) is 0 Å². The van der Waals surface area contributed by atoms with Crippen molar-refractivity contribution in [2.75, 3.05) is 19.8 Å². The second kappa shape index (κ2) is 7.24. The smallest absolute Gasteiger partial charge is 0.224 e. The van der Waals surface area contributed by atoms with Gasteiger partial charge in [-0.2, -0.15) is 0 Å². The third-order valence-electron chi connectivity index (χ3n) is 5.29. The molecule has 3 rings (SSSR count). The molecule has 0 heterocycles. The van der Waals surface area contributed by atoms with Crippen LogP contribution in [0.1, 0.15) is 44.2 Å². The van der Waals surface area contributed by atoms with Crippen LogP contribution in [0, 0.1) is 11.8 Å². The highest BCUT2D eigenvalue weighted by Crippen LogP contribution is 2.60. The molecule has 3 unspecified atom stereocenters. The fourth-order valence-electron chi connectivity index (χ4n) is 4.02. The minimum atomic E-state index is -0.638.